The number of rotatable bonds is 10. The van der Waals surface area contributed by atoms with E-state index in [1.54, 1.807) is 0 Å². The number of halogens is 2. The van der Waals surface area contributed by atoms with Gasteiger partial charge < -0.3 is 4.65 Å². The van der Waals surface area contributed by atoms with Crippen LogP contribution in [0.1, 0.15) is 70.3 Å². The molecule has 6 heteroatoms. The van der Waals surface area contributed by atoms with Crippen molar-refractivity contribution in [3.05, 3.63) is 33.8 Å². The molecule has 150 valence electrons. The van der Waals surface area contributed by atoms with Gasteiger partial charge in [-0.1, -0.05) is 61.9 Å². The van der Waals surface area contributed by atoms with Crippen molar-refractivity contribution in [1.82, 2.24) is 4.90 Å². The van der Waals surface area contributed by atoms with Crippen LogP contribution in [0.4, 0.5) is 0 Å². The van der Waals surface area contributed by atoms with Gasteiger partial charge in [0.15, 0.2) is 0 Å². The maximum atomic E-state index is 12.0. The zero-order valence-corrected chi connectivity index (χ0v) is 18.2. The molecule has 0 N–H and O–H groups in total. The second kappa shape index (κ2) is 12.0. The molecule has 2 unspecified atom stereocenters. The van der Waals surface area contributed by atoms with Crippen molar-refractivity contribution in [2.75, 3.05) is 6.54 Å². The molecule has 27 heavy (non-hydrogen) atoms. The van der Waals surface area contributed by atoms with Gasteiger partial charge >= 0.3 is 8.05 Å². The Morgan fingerprint density at radius 1 is 1.26 bits per heavy atom. The molecule has 3 nitrogen and oxygen atoms in total. The van der Waals surface area contributed by atoms with Crippen molar-refractivity contribution in [3.8, 4) is 0 Å². The summed E-state index contributed by atoms with van der Waals surface area (Å²) in [6.07, 6.45) is 10.1. The van der Waals surface area contributed by atoms with Gasteiger partial charge in [-0.25, -0.2) is 0 Å². The number of piperidine rings is 1. The van der Waals surface area contributed by atoms with Gasteiger partial charge in [0.2, 0.25) is 0 Å². The first-order valence-corrected chi connectivity index (χ1v) is 11.1. The third-order valence-corrected chi connectivity index (χ3v) is 6.39. The number of carbonyl (C=O) groups is 1. The molecule has 1 aliphatic heterocycles. The van der Waals surface area contributed by atoms with Crippen LogP contribution in [0.5, 0.6) is 0 Å². The summed E-state index contributed by atoms with van der Waals surface area (Å²) < 4.78 is 5.00. The maximum Gasteiger partial charge on any atom is 0.325 e. The van der Waals surface area contributed by atoms with E-state index in [9.17, 15) is 4.79 Å². The second-order valence-corrected chi connectivity index (χ2v) is 8.48. The Balaban J connectivity index is 1.88. The topological polar surface area (TPSA) is 29.5 Å². The standard InChI is InChI=1S/C21H32BCl2NO2/c1-2-3-7-17(21(26)27-22)8-6-10-18-9-4-5-13-25(18)15-16-11-12-19(23)20(24)14-16/h11-12,14,17-18H,2-10,13,15,22H2,1H3. The van der Waals surface area contributed by atoms with Crippen molar-refractivity contribution < 1.29 is 9.45 Å². The Bertz CT molecular complexity index is 600. The summed E-state index contributed by atoms with van der Waals surface area (Å²) in [5, 5.41) is 1.23. The first-order chi connectivity index (χ1) is 13.0. The molecule has 0 radical (unpaired) electrons. The van der Waals surface area contributed by atoms with Gasteiger partial charge in [0.05, 0.1) is 16.0 Å². The molecule has 0 aliphatic carbocycles. The highest BCUT2D eigenvalue weighted by molar-refractivity contribution is 6.42. The van der Waals surface area contributed by atoms with Crippen LogP contribution in [0.2, 0.25) is 10.0 Å². The Morgan fingerprint density at radius 2 is 2.04 bits per heavy atom. The maximum absolute atomic E-state index is 12.0. The second-order valence-electron chi connectivity index (χ2n) is 7.66. The number of hydrogen-bond donors (Lipinski definition) is 0. The predicted octanol–water partition coefficient (Wildman–Crippen LogP) is 5.42. The highest BCUT2D eigenvalue weighted by atomic mass is 35.5. The molecule has 2 atom stereocenters. The largest absolute Gasteiger partial charge is 0.543 e. The average molecular weight is 412 g/mol. The first kappa shape index (κ1) is 22.6. The lowest BCUT2D eigenvalue weighted by molar-refractivity contribution is -0.139. The zero-order chi connectivity index (χ0) is 19.6. The van der Waals surface area contributed by atoms with E-state index < -0.39 is 0 Å². The fourth-order valence-electron chi connectivity index (χ4n) is 4.06. The van der Waals surface area contributed by atoms with Crippen molar-refractivity contribution in [3.63, 3.8) is 0 Å². The molecule has 0 bridgehead atoms. The molecule has 0 spiro atoms. The van der Waals surface area contributed by atoms with Crippen LogP contribution in [0.3, 0.4) is 0 Å². The third-order valence-electron chi connectivity index (χ3n) is 5.65. The lowest BCUT2D eigenvalue weighted by Crippen LogP contribution is -2.39. The fraction of sp³-hybridized carbons (Fsp3) is 0.667. The van der Waals surface area contributed by atoms with Crippen LogP contribution in [-0.2, 0) is 16.0 Å². The number of carbonyl (C=O) groups excluding carboxylic acids is 1. The van der Waals surface area contributed by atoms with Gasteiger partial charge in [-0.2, -0.15) is 0 Å². The van der Waals surface area contributed by atoms with Crippen molar-refractivity contribution in [2.45, 2.75) is 77.3 Å². The molecule has 1 fully saturated rings. The molecule has 0 aromatic heterocycles. The van der Waals surface area contributed by atoms with Gasteiger partial charge in [-0.3, -0.25) is 9.69 Å². The van der Waals surface area contributed by atoms with Crippen LogP contribution >= 0.6 is 23.2 Å². The molecule has 1 heterocycles. The lowest BCUT2D eigenvalue weighted by atomic mass is 9.91. The fourth-order valence-corrected chi connectivity index (χ4v) is 4.39. The quantitative estimate of drug-likeness (QED) is 0.481. The van der Waals surface area contributed by atoms with E-state index in [1.807, 2.05) is 12.1 Å². The molecular weight excluding hydrogens is 380 g/mol. The summed E-state index contributed by atoms with van der Waals surface area (Å²) in [6.45, 7) is 4.20. The van der Waals surface area contributed by atoms with Crippen LogP contribution in [0, 0.1) is 5.92 Å². The molecule has 1 aliphatic rings. The summed E-state index contributed by atoms with van der Waals surface area (Å²) in [4.78, 5) is 14.6. The van der Waals surface area contributed by atoms with E-state index in [1.165, 1.54) is 32.9 Å². The van der Waals surface area contributed by atoms with E-state index in [-0.39, 0.29) is 11.9 Å². The molecule has 1 aromatic rings. The summed E-state index contributed by atoms with van der Waals surface area (Å²) in [7, 11) is 1.50. The van der Waals surface area contributed by atoms with Crippen LogP contribution in [0.15, 0.2) is 18.2 Å². The van der Waals surface area contributed by atoms with E-state index in [2.05, 4.69) is 17.9 Å². The highest BCUT2D eigenvalue weighted by Crippen LogP contribution is 2.28. The molecular formula is C21H32BCl2NO2. The smallest absolute Gasteiger partial charge is 0.325 e. The average Bonchev–Trinajstić information content (AvgIpc) is 2.68. The van der Waals surface area contributed by atoms with Crippen molar-refractivity contribution in [2.24, 2.45) is 5.92 Å². The van der Waals surface area contributed by atoms with Gasteiger partial charge in [-0.05, 0) is 56.3 Å². The number of nitrogens with zero attached hydrogens (tertiary/aromatic N) is 1. The van der Waals surface area contributed by atoms with Crippen molar-refractivity contribution in [1.29, 1.82) is 0 Å². The number of benzene rings is 1. The van der Waals surface area contributed by atoms with Crippen LogP contribution in [0.25, 0.3) is 0 Å². The highest BCUT2D eigenvalue weighted by Gasteiger charge is 2.24. The van der Waals surface area contributed by atoms with Gasteiger partial charge in [0.25, 0.3) is 5.97 Å². The Labute approximate surface area is 175 Å². The minimum Gasteiger partial charge on any atom is -0.543 e. The predicted molar refractivity (Wildman–Crippen MR) is 116 cm³/mol. The van der Waals surface area contributed by atoms with Gasteiger partial charge in [0.1, 0.15) is 0 Å². The summed E-state index contributed by atoms with van der Waals surface area (Å²) in [6, 6.07) is 6.51. The van der Waals surface area contributed by atoms with E-state index in [0.717, 1.165) is 51.6 Å². The minimum atomic E-state index is -0.0419. The normalized spacial score (nSPS) is 19.0. The summed E-state index contributed by atoms with van der Waals surface area (Å²) >= 11 is 12.2. The van der Waals surface area contributed by atoms with E-state index in [0.29, 0.717) is 16.1 Å². The third kappa shape index (κ3) is 7.32. The number of likely N-dealkylation sites (tertiary alicyclic amines) is 1. The Morgan fingerprint density at radius 3 is 2.74 bits per heavy atom. The molecule has 0 amide bonds. The monoisotopic (exact) mass is 411 g/mol. The van der Waals surface area contributed by atoms with E-state index in [4.69, 9.17) is 27.9 Å². The van der Waals surface area contributed by atoms with Crippen molar-refractivity contribution >= 4 is 37.2 Å². The Kier molecular flexibility index (Phi) is 10.0. The number of hydrogen-bond acceptors (Lipinski definition) is 3. The number of unbranched alkanes of at least 4 members (excludes halogenated alkanes) is 1. The van der Waals surface area contributed by atoms with E-state index >= 15 is 0 Å². The van der Waals surface area contributed by atoms with Gasteiger partial charge in [0, 0.05) is 12.6 Å². The summed E-state index contributed by atoms with van der Waals surface area (Å²) in [5.74, 6) is 0.0156. The molecule has 1 saturated heterocycles. The zero-order valence-electron chi connectivity index (χ0n) is 16.7. The SMILES string of the molecule is BOC(=O)C(CCCC)CCCC1CCCCN1Cc1ccc(Cl)c(Cl)c1. The molecule has 2 rings (SSSR count). The lowest BCUT2D eigenvalue weighted by Gasteiger charge is -2.36. The first-order valence-electron chi connectivity index (χ1n) is 10.3. The van der Waals surface area contributed by atoms with Gasteiger partial charge in [-0.15, -0.1) is 0 Å². The minimum absolute atomic E-state index is 0.0419. The van der Waals surface area contributed by atoms with Crippen LogP contribution in [-0.4, -0.2) is 31.5 Å². The van der Waals surface area contributed by atoms with Crippen LogP contribution < -0.4 is 0 Å². The summed E-state index contributed by atoms with van der Waals surface area (Å²) in [5.41, 5.74) is 1.21. The molecule has 0 saturated carbocycles. The molecule has 1 aromatic carbocycles. The Hall–Kier alpha value is -0.705.